The van der Waals surface area contributed by atoms with E-state index in [4.69, 9.17) is 21.1 Å². The lowest BCUT2D eigenvalue weighted by Crippen LogP contribution is -2.33. The van der Waals surface area contributed by atoms with Crippen molar-refractivity contribution in [2.24, 2.45) is 5.92 Å². The van der Waals surface area contributed by atoms with Crippen molar-refractivity contribution in [2.45, 2.75) is 39.8 Å². The van der Waals surface area contributed by atoms with E-state index in [-0.39, 0.29) is 0 Å². The van der Waals surface area contributed by atoms with Crippen molar-refractivity contribution in [3.8, 4) is 11.5 Å². The van der Waals surface area contributed by atoms with E-state index in [9.17, 15) is 0 Å². The summed E-state index contributed by atoms with van der Waals surface area (Å²) in [5.74, 6) is 2.18. The van der Waals surface area contributed by atoms with Crippen molar-refractivity contribution in [3.63, 3.8) is 0 Å². The second kappa shape index (κ2) is 10.7. The van der Waals surface area contributed by atoms with E-state index in [1.54, 1.807) is 0 Å². The molecule has 2 N–H and O–H groups in total. The molecule has 0 atom stereocenters. The minimum absolute atomic E-state index is 0.491. The SMILES string of the molecule is CCOc1cc(CNCC2CCNCC2)c(Cl)cc1OCc1cccc(C)c1. The van der Waals surface area contributed by atoms with Gasteiger partial charge in [0, 0.05) is 17.6 Å². The lowest BCUT2D eigenvalue weighted by atomic mass is 9.98. The predicted octanol–water partition coefficient (Wildman–Crippen LogP) is 4.72. The molecule has 0 aromatic heterocycles. The van der Waals surface area contributed by atoms with Crippen molar-refractivity contribution in [1.29, 1.82) is 0 Å². The zero-order valence-corrected chi connectivity index (χ0v) is 17.6. The van der Waals surface area contributed by atoms with Gasteiger partial charge in [0.05, 0.1) is 6.61 Å². The van der Waals surface area contributed by atoms with Gasteiger partial charge in [-0.1, -0.05) is 41.4 Å². The first-order valence-corrected chi connectivity index (χ1v) is 10.6. The predicted molar refractivity (Wildman–Crippen MR) is 115 cm³/mol. The van der Waals surface area contributed by atoms with Crippen molar-refractivity contribution in [3.05, 3.63) is 58.1 Å². The fraction of sp³-hybridized carbons (Fsp3) is 0.478. The molecule has 0 radical (unpaired) electrons. The standard InChI is InChI=1S/C23H31ClN2O2/c1-3-27-22-12-20(15-26-14-18-7-9-25-10-8-18)21(24)13-23(22)28-16-19-6-4-5-17(2)11-19/h4-6,11-13,18,25-26H,3,7-10,14-16H2,1-2H3. The van der Waals surface area contributed by atoms with Crippen LogP contribution >= 0.6 is 11.6 Å². The van der Waals surface area contributed by atoms with Gasteiger partial charge >= 0.3 is 0 Å². The third-order valence-electron chi connectivity index (χ3n) is 5.10. The van der Waals surface area contributed by atoms with E-state index in [0.29, 0.717) is 24.0 Å². The molecule has 1 heterocycles. The molecule has 2 aromatic carbocycles. The van der Waals surface area contributed by atoms with Gasteiger partial charge in [0.2, 0.25) is 0 Å². The van der Waals surface area contributed by atoms with E-state index in [1.165, 1.54) is 18.4 Å². The van der Waals surface area contributed by atoms with Gasteiger partial charge in [-0.25, -0.2) is 0 Å². The van der Waals surface area contributed by atoms with Crippen molar-refractivity contribution in [2.75, 3.05) is 26.2 Å². The van der Waals surface area contributed by atoms with Gasteiger partial charge in [0.1, 0.15) is 6.61 Å². The molecule has 0 bridgehead atoms. The van der Waals surface area contributed by atoms with Gasteiger partial charge in [-0.15, -0.1) is 0 Å². The summed E-state index contributed by atoms with van der Waals surface area (Å²) in [6.45, 7) is 9.14. The average molecular weight is 403 g/mol. The van der Waals surface area contributed by atoms with Crippen LogP contribution in [-0.2, 0) is 13.2 Å². The van der Waals surface area contributed by atoms with Crippen LogP contribution in [0.25, 0.3) is 0 Å². The number of nitrogens with one attached hydrogen (secondary N) is 2. The topological polar surface area (TPSA) is 42.5 Å². The first-order chi connectivity index (χ1) is 13.7. The van der Waals surface area contributed by atoms with Crippen LogP contribution in [0.1, 0.15) is 36.5 Å². The van der Waals surface area contributed by atoms with Crippen LogP contribution in [0.3, 0.4) is 0 Å². The zero-order chi connectivity index (χ0) is 19.8. The molecule has 1 aliphatic rings. The molecule has 4 nitrogen and oxygen atoms in total. The second-order valence-electron chi connectivity index (χ2n) is 7.43. The van der Waals surface area contributed by atoms with Crippen LogP contribution in [0, 0.1) is 12.8 Å². The van der Waals surface area contributed by atoms with Crippen LogP contribution in [0.5, 0.6) is 11.5 Å². The average Bonchev–Trinajstić information content (AvgIpc) is 2.70. The molecule has 0 amide bonds. The summed E-state index contributed by atoms with van der Waals surface area (Å²) < 4.78 is 11.9. The molecule has 1 fully saturated rings. The summed E-state index contributed by atoms with van der Waals surface area (Å²) in [5.41, 5.74) is 3.40. The van der Waals surface area contributed by atoms with Crippen LogP contribution in [-0.4, -0.2) is 26.2 Å². The molecular formula is C23H31ClN2O2. The summed E-state index contributed by atoms with van der Waals surface area (Å²) >= 11 is 6.54. The highest BCUT2D eigenvalue weighted by Gasteiger charge is 2.14. The van der Waals surface area contributed by atoms with Crippen LogP contribution < -0.4 is 20.1 Å². The summed E-state index contributed by atoms with van der Waals surface area (Å²) in [5, 5.41) is 7.67. The fourth-order valence-corrected chi connectivity index (χ4v) is 3.77. The summed E-state index contributed by atoms with van der Waals surface area (Å²) in [4.78, 5) is 0. The molecule has 1 saturated heterocycles. The van der Waals surface area contributed by atoms with E-state index in [0.717, 1.165) is 49.0 Å². The highest BCUT2D eigenvalue weighted by molar-refractivity contribution is 6.31. The van der Waals surface area contributed by atoms with Crippen LogP contribution in [0.2, 0.25) is 5.02 Å². The lowest BCUT2D eigenvalue weighted by Gasteiger charge is -2.23. The van der Waals surface area contributed by atoms with Gasteiger partial charge in [-0.3, -0.25) is 0 Å². The third-order valence-corrected chi connectivity index (χ3v) is 5.45. The molecule has 0 spiro atoms. The maximum absolute atomic E-state index is 6.54. The minimum atomic E-state index is 0.491. The summed E-state index contributed by atoms with van der Waals surface area (Å²) in [6.07, 6.45) is 2.47. The Morgan fingerprint density at radius 1 is 1.11 bits per heavy atom. The number of aryl methyl sites for hydroxylation is 1. The minimum Gasteiger partial charge on any atom is -0.490 e. The normalized spacial score (nSPS) is 14.8. The molecule has 0 unspecified atom stereocenters. The molecule has 0 aliphatic carbocycles. The monoisotopic (exact) mass is 402 g/mol. The number of halogens is 1. The highest BCUT2D eigenvalue weighted by atomic mass is 35.5. The third kappa shape index (κ3) is 6.13. The van der Waals surface area contributed by atoms with Gasteiger partial charge < -0.3 is 20.1 Å². The highest BCUT2D eigenvalue weighted by Crippen LogP contribution is 2.34. The first kappa shape index (κ1) is 21.0. The van der Waals surface area contributed by atoms with Crippen molar-refractivity contribution < 1.29 is 9.47 Å². The van der Waals surface area contributed by atoms with E-state index >= 15 is 0 Å². The van der Waals surface area contributed by atoms with Crippen molar-refractivity contribution >= 4 is 11.6 Å². The van der Waals surface area contributed by atoms with Gasteiger partial charge in [-0.05, 0) is 69.4 Å². The maximum atomic E-state index is 6.54. The quantitative estimate of drug-likeness (QED) is 0.637. The molecule has 2 aromatic rings. The Balaban J connectivity index is 1.63. The zero-order valence-electron chi connectivity index (χ0n) is 16.9. The fourth-order valence-electron chi connectivity index (χ4n) is 3.55. The Morgan fingerprint density at radius 3 is 2.64 bits per heavy atom. The number of benzene rings is 2. The number of ether oxygens (including phenoxy) is 2. The second-order valence-corrected chi connectivity index (χ2v) is 7.83. The number of hydrogen-bond acceptors (Lipinski definition) is 4. The summed E-state index contributed by atoms with van der Waals surface area (Å²) in [6, 6.07) is 12.2. The number of rotatable bonds is 9. The van der Waals surface area contributed by atoms with Gasteiger partial charge in [-0.2, -0.15) is 0 Å². The molecule has 0 saturated carbocycles. The Labute approximate surface area is 173 Å². The van der Waals surface area contributed by atoms with E-state index in [1.807, 2.05) is 25.1 Å². The largest absolute Gasteiger partial charge is 0.490 e. The summed E-state index contributed by atoms with van der Waals surface area (Å²) in [7, 11) is 0. The Hall–Kier alpha value is -1.75. The van der Waals surface area contributed by atoms with Crippen LogP contribution in [0.4, 0.5) is 0 Å². The van der Waals surface area contributed by atoms with Crippen molar-refractivity contribution in [1.82, 2.24) is 10.6 Å². The molecule has 1 aliphatic heterocycles. The van der Waals surface area contributed by atoms with Gasteiger partial charge in [0.25, 0.3) is 0 Å². The molecule has 5 heteroatoms. The van der Waals surface area contributed by atoms with Crippen LogP contribution in [0.15, 0.2) is 36.4 Å². The molecule has 152 valence electrons. The smallest absolute Gasteiger partial charge is 0.163 e. The Morgan fingerprint density at radius 2 is 1.89 bits per heavy atom. The number of piperidine rings is 1. The maximum Gasteiger partial charge on any atom is 0.163 e. The van der Waals surface area contributed by atoms with Gasteiger partial charge in [0.15, 0.2) is 11.5 Å². The van der Waals surface area contributed by atoms with E-state index in [2.05, 4.69) is 35.8 Å². The number of hydrogen-bond donors (Lipinski definition) is 2. The lowest BCUT2D eigenvalue weighted by molar-refractivity contribution is 0.269. The first-order valence-electron chi connectivity index (χ1n) is 10.2. The van der Waals surface area contributed by atoms with E-state index < -0.39 is 0 Å². The Kier molecular flexibility index (Phi) is 8.01. The molecular weight excluding hydrogens is 372 g/mol. The molecule has 3 rings (SSSR count). The molecule has 28 heavy (non-hydrogen) atoms. The Bertz CT molecular complexity index is 760.